The highest BCUT2D eigenvalue weighted by molar-refractivity contribution is 7.80. The molecule has 0 spiro atoms. The fraction of sp³-hybridized carbons (Fsp3) is 0.278. The van der Waals surface area contributed by atoms with Gasteiger partial charge in [0.25, 0.3) is 0 Å². The number of halogens is 1. The average molecular weight is 347 g/mol. The van der Waals surface area contributed by atoms with Crippen molar-refractivity contribution >= 4 is 34.6 Å². The van der Waals surface area contributed by atoms with Gasteiger partial charge in [0, 0.05) is 5.56 Å². The minimum absolute atomic E-state index is 0.697. The summed E-state index contributed by atoms with van der Waals surface area (Å²) >= 11 is 11.7. The molecule has 1 saturated heterocycles. The Labute approximate surface area is 147 Å². The maximum Gasteiger partial charge on any atom is 0.173 e. The Kier molecular flexibility index (Phi) is 5.49. The van der Waals surface area contributed by atoms with Crippen LogP contribution in [0.4, 0.5) is 5.69 Å². The zero-order chi connectivity index (χ0) is 16.1. The monoisotopic (exact) mass is 346 g/mol. The number of quaternary nitrogens is 1. The van der Waals surface area contributed by atoms with Crippen molar-refractivity contribution in [1.29, 1.82) is 0 Å². The molecule has 1 heterocycles. The second-order valence-corrected chi connectivity index (χ2v) is 6.60. The van der Waals surface area contributed by atoms with Crippen LogP contribution in [0.2, 0.25) is 5.02 Å². The summed E-state index contributed by atoms with van der Waals surface area (Å²) in [6, 6.07) is 18.4. The lowest BCUT2D eigenvalue weighted by Crippen LogP contribution is -3.13. The lowest BCUT2D eigenvalue weighted by atomic mass is 10.2. The molecule has 23 heavy (non-hydrogen) atoms. The Morgan fingerprint density at radius 3 is 2.39 bits per heavy atom. The first kappa shape index (κ1) is 16.2. The molecule has 2 N–H and O–H groups in total. The van der Waals surface area contributed by atoms with Gasteiger partial charge in [0.05, 0.1) is 36.9 Å². The molecule has 0 saturated carbocycles. The molecule has 0 aromatic heterocycles. The van der Waals surface area contributed by atoms with Gasteiger partial charge in [-0.1, -0.05) is 54.1 Å². The SMILES string of the molecule is S=C(Nc1ccccc1Cl)N1CC[NH+](Cc2ccccc2)CC1. The minimum atomic E-state index is 0.697. The predicted molar refractivity (Wildman–Crippen MR) is 100 cm³/mol. The van der Waals surface area contributed by atoms with Gasteiger partial charge in [-0.15, -0.1) is 0 Å². The second-order valence-electron chi connectivity index (χ2n) is 5.81. The van der Waals surface area contributed by atoms with Crippen LogP contribution in [-0.2, 0) is 6.54 Å². The maximum absolute atomic E-state index is 6.18. The van der Waals surface area contributed by atoms with Crippen molar-refractivity contribution in [2.75, 3.05) is 31.5 Å². The normalized spacial score (nSPS) is 15.4. The molecule has 0 aliphatic carbocycles. The molecule has 5 heteroatoms. The molecular formula is C18H21ClN3S+. The third-order valence-electron chi connectivity index (χ3n) is 4.17. The number of thiocarbonyl (C=S) groups is 1. The summed E-state index contributed by atoms with van der Waals surface area (Å²) in [5.41, 5.74) is 2.27. The largest absolute Gasteiger partial charge is 0.338 e. The average Bonchev–Trinajstić information content (AvgIpc) is 2.58. The van der Waals surface area contributed by atoms with Crippen molar-refractivity contribution < 1.29 is 4.90 Å². The van der Waals surface area contributed by atoms with E-state index in [9.17, 15) is 0 Å². The summed E-state index contributed by atoms with van der Waals surface area (Å²) in [5, 5.41) is 4.72. The Bertz CT molecular complexity index is 654. The van der Waals surface area contributed by atoms with E-state index in [2.05, 4.69) is 40.5 Å². The maximum atomic E-state index is 6.18. The lowest BCUT2D eigenvalue weighted by molar-refractivity contribution is -0.917. The van der Waals surface area contributed by atoms with E-state index in [4.69, 9.17) is 23.8 Å². The van der Waals surface area contributed by atoms with Crippen LogP contribution in [0.15, 0.2) is 54.6 Å². The molecule has 2 aromatic carbocycles. The molecule has 3 rings (SSSR count). The Balaban J connectivity index is 1.50. The van der Waals surface area contributed by atoms with E-state index in [0.717, 1.165) is 43.5 Å². The van der Waals surface area contributed by atoms with Gasteiger partial charge in [-0.3, -0.25) is 0 Å². The highest BCUT2D eigenvalue weighted by atomic mass is 35.5. The van der Waals surface area contributed by atoms with Gasteiger partial charge in [0.1, 0.15) is 6.54 Å². The Hall–Kier alpha value is -1.62. The quantitative estimate of drug-likeness (QED) is 0.833. The number of rotatable bonds is 3. The zero-order valence-electron chi connectivity index (χ0n) is 13.0. The van der Waals surface area contributed by atoms with Crippen LogP contribution < -0.4 is 10.2 Å². The predicted octanol–water partition coefficient (Wildman–Crippen LogP) is 2.44. The summed E-state index contributed by atoms with van der Waals surface area (Å²) in [6.45, 7) is 5.22. The van der Waals surface area contributed by atoms with E-state index in [0.29, 0.717) is 5.02 Å². The van der Waals surface area contributed by atoms with Crippen molar-refractivity contribution in [3.05, 3.63) is 65.2 Å². The molecule has 0 unspecified atom stereocenters. The Morgan fingerprint density at radius 1 is 1.04 bits per heavy atom. The number of hydrogen-bond donors (Lipinski definition) is 2. The highest BCUT2D eigenvalue weighted by Gasteiger charge is 2.22. The number of para-hydroxylation sites is 1. The van der Waals surface area contributed by atoms with E-state index in [-0.39, 0.29) is 0 Å². The van der Waals surface area contributed by atoms with E-state index in [1.54, 1.807) is 4.90 Å². The van der Waals surface area contributed by atoms with Crippen LogP contribution in [-0.4, -0.2) is 36.2 Å². The first-order valence-corrected chi connectivity index (χ1v) is 8.69. The standard InChI is InChI=1S/C18H20ClN3S/c19-16-8-4-5-9-17(16)20-18(23)22-12-10-21(11-13-22)14-15-6-2-1-3-7-15/h1-9H,10-14H2,(H,20,23)/p+1. The molecule has 0 radical (unpaired) electrons. The minimum Gasteiger partial charge on any atom is -0.338 e. The van der Waals surface area contributed by atoms with E-state index in [1.807, 2.05) is 24.3 Å². The van der Waals surface area contributed by atoms with Crippen molar-refractivity contribution in [3.63, 3.8) is 0 Å². The van der Waals surface area contributed by atoms with E-state index in [1.165, 1.54) is 5.56 Å². The fourth-order valence-electron chi connectivity index (χ4n) is 2.84. The van der Waals surface area contributed by atoms with E-state index < -0.39 is 0 Å². The topological polar surface area (TPSA) is 19.7 Å². The smallest absolute Gasteiger partial charge is 0.173 e. The molecule has 3 nitrogen and oxygen atoms in total. The molecule has 0 amide bonds. The number of nitrogens with zero attached hydrogens (tertiary/aromatic N) is 1. The van der Waals surface area contributed by atoms with Crippen LogP contribution in [0.3, 0.4) is 0 Å². The number of benzene rings is 2. The lowest BCUT2D eigenvalue weighted by Gasteiger charge is -2.34. The third kappa shape index (κ3) is 4.44. The molecule has 1 fully saturated rings. The first-order chi connectivity index (χ1) is 11.2. The zero-order valence-corrected chi connectivity index (χ0v) is 14.5. The second kappa shape index (κ2) is 7.77. The van der Waals surface area contributed by atoms with Gasteiger partial charge in [0.15, 0.2) is 5.11 Å². The molecule has 0 bridgehead atoms. The van der Waals surface area contributed by atoms with Gasteiger partial charge in [-0.05, 0) is 24.4 Å². The van der Waals surface area contributed by atoms with Crippen molar-refractivity contribution in [1.82, 2.24) is 4.90 Å². The van der Waals surface area contributed by atoms with Crippen LogP contribution in [0, 0.1) is 0 Å². The van der Waals surface area contributed by atoms with Crippen LogP contribution in [0.5, 0.6) is 0 Å². The summed E-state index contributed by atoms with van der Waals surface area (Å²) in [6.07, 6.45) is 0. The van der Waals surface area contributed by atoms with Gasteiger partial charge >= 0.3 is 0 Å². The van der Waals surface area contributed by atoms with Crippen LogP contribution in [0.25, 0.3) is 0 Å². The summed E-state index contributed by atoms with van der Waals surface area (Å²) < 4.78 is 0. The fourth-order valence-corrected chi connectivity index (χ4v) is 3.32. The molecule has 2 aromatic rings. The van der Waals surface area contributed by atoms with Crippen LogP contribution >= 0.6 is 23.8 Å². The molecule has 1 aliphatic heterocycles. The van der Waals surface area contributed by atoms with Crippen molar-refractivity contribution in [3.8, 4) is 0 Å². The molecular weight excluding hydrogens is 326 g/mol. The van der Waals surface area contributed by atoms with Crippen molar-refractivity contribution in [2.24, 2.45) is 0 Å². The number of anilines is 1. The number of nitrogens with one attached hydrogen (secondary N) is 2. The van der Waals surface area contributed by atoms with Crippen LogP contribution in [0.1, 0.15) is 5.56 Å². The number of hydrogen-bond acceptors (Lipinski definition) is 1. The number of piperazine rings is 1. The molecule has 0 atom stereocenters. The summed E-state index contributed by atoms with van der Waals surface area (Å²) in [7, 11) is 0. The highest BCUT2D eigenvalue weighted by Crippen LogP contribution is 2.20. The van der Waals surface area contributed by atoms with Gasteiger partial charge in [-0.25, -0.2) is 0 Å². The summed E-state index contributed by atoms with van der Waals surface area (Å²) in [5.74, 6) is 0. The summed E-state index contributed by atoms with van der Waals surface area (Å²) in [4.78, 5) is 3.83. The molecule has 120 valence electrons. The first-order valence-electron chi connectivity index (χ1n) is 7.90. The molecule has 1 aliphatic rings. The van der Waals surface area contributed by atoms with E-state index >= 15 is 0 Å². The van der Waals surface area contributed by atoms with Crippen molar-refractivity contribution in [2.45, 2.75) is 6.54 Å². The van der Waals surface area contributed by atoms with Gasteiger partial charge in [0.2, 0.25) is 0 Å². The third-order valence-corrected chi connectivity index (χ3v) is 4.86. The Morgan fingerprint density at radius 2 is 1.70 bits per heavy atom. The van der Waals surface area contributed by atoms with Gasteiger partial charge < -0.3 is 15.1 Å². The van der Waals surface area contributed by atoms with Gasteiger partial charge in [-0.2, -0.15) is 0 Å².